The van der Waals surface area contributed by atoms with Crippen LogP contribution in [-0.2, 0) is 16.0 Å². The van der Waals surface area contributed by atoms with Crippen molar-refractivity contribution in [3.05, 3.63) is 34.4 Å². The van der Waals surface area contributed by atoms with Crippen molar-refractivity contribution in [3.8, 4) is 6.07 Å². The quantitative estimate of drug-likeness (QED) is 0.730. The Morgan fingerprint density at radius 2 is 2.12 bits per heavy atom. The zero-order valence-corrected chi connectivity index (χ0v) is 9.83. The number of carbonyl (C=O) groups is 1. The van der Waals surface area contributed by atoms with Crippen LogP contribution in [0.25, 0.3) is 0 Å². The van der Waals surface area contributed by atoms with Crippen LogP contribution < -0.4 is 0 Å². The molecule has 0 unspecified atom stereocenters. The molecular formula is C13H15NO2. The van der Waals surface area contributed by atoms with Gasteiger partial charge in [-0.2, -0.15) is 5.26 Å². The number of nitriles is 1. The number of ether oxygens (including phenoxy) is 1. The number of carbonyl (C=O) groups excluding carboxylic acids is 1. The topological polar surface area (TPSA) is 50.1 Å². The fraction of sp³-hybridized carbons (Fsp3) is 0.385. The summed E-state index contributed by atoms with van der Waals surface area (Å²) in [5, 5.41) is 8.94. The molecule has 3 heteroatoms. The molecule has 16 heavy (non-hydrogen) atoms. The van der Waals surface area contributed by atoms with Gasteiger partial charge in [0.25, 0.3) is 0 Å². The number of aryl methyl sites for hydroxylation is 1. The molecule has 0 aliphatic rings. The summed E-state index contributed by atoms with van der Waals surface area (Å²) in [5.74, 6) is -0.250. The van der Waals surface area contributed by atoms with E-state index in [-0.39, 0.29) is 12.4 Å². The fourth-order valence-corrected chi connectivity index (χ4v) is 1.60. The van der Waals surface area contributed by atoms with Gasteiger partial charge in [-0.05, 0) is 43.5 Å². The summed E-state index contributed by atoms with van der Waals surface area (Å²) in [5.41, 5.74) is 3.34. The number of benzene rings is 1. The molecule has 0 N–H and O–H groups in total. The van der Waals surface area contributed by atoms with E-state index in [4.69, 9.17) is 10.00 Å². The van der Waals surface area contributed by atoms with Gasteiger partial charge >= 0.3 is 5.97 Å². The third-order valence-corrected chi connectivity index (χ3v) is 2.42. The summed E-state index contributed by atoms with van der Waals surface area (Å²) < 4.78 is 4.89. The molecule has 0 amide bonds. The van der Waals surface area contributed by atoms with Gasteiger partial charge in [-0.15, -0.1) is 0 Å². The van der Waals surface area contributed by atoms with Crippen LogP contribution in [0.3, 0.4) is 0 Å². The highest BCUT2D eigenvalue weighted by Crippen LogP contribution is 2.17. The summed E-state index contributed by atoms with van der Waals surface area (Å²) in [6.45, 7) is 5.93. The van der Waals surface area contributed by atoms with Gasteiger partial charge in [0.05, 0.1) is 24.7 Å². The maximum Gasteiger partial charge on any atom is 0.310 e. The summed E-state index contributed by atoms with van der Waals surface area (Å²) in [7, 11) is 0. The smallest absolute Gasteiger partial charge is 0.310 e. The predicted octanol–water partition coefficient (Wildman–Crippen LogP) is 2.28. The Bertz CT molecular complexity index is 444. The molecule has 0 saturated carbocycles. The Hall–Kier alpha value is -1.82. The van der Waals surface area contributed by atoms with E-state index in [1.807, 2.05) is 26.0 Å². The second kappa shape index (κ2) is 5.32. The molecule has 0 aliphatic heterocycles. The van der Waals surface area contributed by atoms with Gasteiger partial charge in [0.2, 0.25) is 0 Å². The summed E-state index contributed by atoms with van der Waals surface area (Å²) >= 11 is 0. The van der Waals surface area contributed by atoms with Gasteiger partial charge in [-0.1, -0.05) is 6.07 Å². The Balaban J connectivity index is 3.01. The lowest BCUT2D eigenvalue weighted by atomic mass is 9.98. The minimum Gasteiger partial charge on any atom is -0.466 e. The Kier molecular flexibility index (Phi) is 4.07. The number of rotatable bonds is 3. The van der Waals surface area contributed by atoms with E-state index >= 15 is 0 Å². The molecule has 1 aromatic rings. The van der Waals surface area contributed by atoms with Crippen molar-refractivity contribution in [2.24, 2.45) is 0 Å². The minimum atomic E-state index is -0.250. The van der Waals surface area contributed by atoms with E-state index in [2.05, 4.69) is 6.07 Å². The summed E-state index contributed by atoms with van der Waals surface area (Å²) in [4.78, 5) is 11.4. The molecule has 0 aliphatic carbocycles. The first-order valence-corrected chi connectivity index (χ1v) is 5.24. The minimum absolute atomic E-state index is 0.232. The highest BCUT2D eigenvalue weighted by atomic mass is 16.5. The lowest BCUT2D eigenvalue weighted by molar-refractivity contribution is -0.142. The van der Waals surface area contributed by atoms with Crippen LogP contribution in [0.2, 0.25) is 0 Å². The van der Waals surface area contributed by atoms with Crippen molar-refractivity contribution in [3.63, 3.8) is 0 Å². The van der Waals surface area contributed by atoms with Crippen molar-refractivity contribution >= 4 is 5.97 Å². The van der Waals surface area contributed by atoms with E-state index in [9.17, 15) is 4.79 Å². The molecule has 1 aromatic carbocycles. The van der Waals surface area contributed by atoms with Crippen LogP contribution in [0.4, 0.5) is 0 Å². The Morgan fingerprint density at radius 1 is 1.44 bits per heavy atom. The van der Waals surface area contributed by atoms with E-state index in [0.717, 1.165) is 16.7 Å². The molecule has 0 radical (unpaired) electrons. The average molecular weight is 217 g/mol. The van der Waals surface area contributed by atoms with Gasteiger partial charge in [0.15, 0.2) is 0 Å². The Labute approximate surface area is 95.7 Å². The SMILES string of the molecule is CCOC(=O)Cc1cc(C)cc(C#N)c1C. The third-order valence-electron chi connectivity index (χ3n) is 2.42. The van der Waals surface area contributed by atoms with Crippen molar-refractivity contribution in [1.82, 2.24) is 0 Å². The standard InChI is InChI=1S/C13H15NO2/c1-4-16-13(15)7-11-5-9(2)6-12(8-14)10(11)3/h5-6H,4,7H2,1-3H3. The first-order valence-electron chi connectivity index (χ1n) is 5.24. The number of esters is 1. The van der Waals surface area contributed by atoms with Crippen LogP contribution in [0.1, 0.15) is 29.2 Å². The third kappa shape index (κ3) is 2.83. The average Bonchev–Trinajstić information content (AvgIpc) is 2.23. The zero-order chi connectivity index (χ0) is 12.1. The van der Waals surface area contributed by atoms with Crippen LogP contribution >= 0.6 is 0 Å². The lowest BCUT2D eigenvalue weighted by Gasteiger charge is -2.08. The maximum atomic E-state index is 11.4. The summed E-state index contributed by atoms with van der Waals surface area (Å²) in [6.07, 6.45) is 0.232. The van der Waals surface area contributed by atoms with Gasteiger partial charge < -0.3 is 4.74 Å². The number of hydrogen-bond acceptors (Lipinski definition) is 3. The summed E-state index contributed by atoms with van der Waals surface area (Å²) in [6, 6.07) is 5.88. The van der Waals surface area contributed by atoms with Gasteiger partial charge in [-0.3, -0.25) is 4.79 Å². The molecule has 0 saturated heterocycles. The van der Waals surface area contributed by atoms with Crippen molar-refractivity contribution < 1.29 is 9.53 Å². The monoisotopic (exact) mass is 217 g/mol. The Morgan fingerprint density at radius 3 is 2.69 bits per heavy atom. The van der Waals surface area contributed by atoms with Gasteiger partial charge in [0.1, 0.15) is 0 Å². The molecule has 0 bridgehead atoms. The fourth-order valence-electron chi connectivity index (χ4n) is 1.60. The van der Waals surface area contributed by atoms with Gasteiger partial charge in [-0.25, -0.2) is 0 Å². The van der Waals surface area contributed by atoms with Crippen molar-refractivity contribution in [2.45, 2.75) is 27.2 Å². The largest absolute Gasteiger partial charge is 0.466 e. The van der Waals surface area contributed by atoms with Crippen molar-refractivity contribution in [1.29, 1.82) is 5.26 Å². The highest BCUT2D eigenvalue weighted by Gasteiger charge is 2.10. The molecule has 84 valence electrons. The molecule has 0 heterocycles. The second-order valence-corrected chi connectivity index (χ2v) is 3.69. The van der Waals surface area contributed by atoms with E-state index < -0.39 is 0 Å². The normalized spacial score (nSPS) is 9.62. The predicted molar refractivity (Wildman–Crippen MR) is 61.0 cm³/mol. The molecule has 0 fully saturated rings. The van der Waals surface area contributed by atoms with Crippen LogP contribution in [0.5, 0.6) is 0 Å². The van der Waals surface area contributed by atoms with Gasteiger partial charge in [0, 0.05) is 0 Å². The molecule has 3 nitrogen and oxygen atoms in total. The van der Waals surface area contributed by atoms with Crippen molar-refractivity contribution in [2.75, 3.05) is 6.61 Å². The second-order valence-electron chi connectivity index (χ2n) is 3.69. The first kappa shape index (κ1) is 12.3. The molecule has 1 rings (SSSR count). The molecule has 0 spiro atoms. The van der Waals surface area contributed by atoms with Crippen LogP contribution in [0, 0.1) is 25.2 Å². The first-order chi connectivity index (χ1) is 7.58. The zero-order valence-electron chi connectivity index (χ0n) is 9.83. The molecular weight excluding hydrogens is 202 g/mol. The number of hydrogen-bond donors (Lipinski definition) is 0. The number of nitrogens with zero attached hydrogens (tertiary/aromatic N) is 1. The van der Waals surface area contributed by atoms with Crippen LogP contribution in [0.15, 0.2) is 12.1 Å². The molecule has 0 aromatic heterocycles. The van der Waals surface area contributed by atoms with E-state index in [1.165, 1.54) is 0 Å². The van der Waals surface area contributed by atoms with E-state index in [0.29, 0.717) is 12.2 Å². The van der Waals surface area contributed by atoms with Crippen LogP contribution in [-0.4, -0.2) is 12.6 Å². The maximum absolute atomic E-state index is 11.4. The lowest BCUT2D eigenvalue weighted by Crippen LogP contribution is -2.09. The molecule has 0 atom stereocenters. The highest BCUT2D eigenvalue weighted by molar-refractivity contribution is 5.73. The van der Waals surface area contributed by atoms with E-state index in [1.54, 1.807) is 6.92 Å².